The molecule has 0 aromatic carbocycles. The van der Waals surface area contributed by atoms with E-state index in [0.29, 0.717) is 11.5 Å². The van der Waals surface area contributed by atoms with Crippen molar-refractivity contribution in [3.05, 3.63) is 0 Å². The van der Waals surface area contributed by atoms with E-state index in [-0.39, 0.29) is 11.6 Å². The van der Waals surface area contributed by atoms with Crippen molar-refractivity contribution in [1.29, 1.82) is 0 Å². The summed E-state index contributed by atoms with van der Waals surface area (Å²) in [5.74, 6) is 0. The van der Waals surface area contributed by atoms with Gasteiger partial charge in [-0.1, -0.05) is 12.8 Å². The fraction of sp³-hybridized carbons (Fsp3) is 0.947. The normalized spacial score (nSPS) is 22.3. The van der Waals surface area contributed by atoms with Crippen LogP contribution in [0.5, 0.6) is 0 Å². The highest BCUT2D eigenvalue weighted by atomic mass is 16.6. The second-order valence-electron chi connectivity index (χ2n) is 9.37. The second-order valence-corrected chi connectivity index (χ2v) is 9.37. The summed E-state index contributed by atoms with van der Waals surface area (Å²) >= 11 is 0. The van der Waals surface area contributed by atoms with Crippen molar-refractivity contribution in [1.82, 2.24) is 10.6 Å². The summed E-state index contributed by atoms with van der Waals surface area (Å²) in [4.78, 5) is 11.9. The molecule has 1 amide bonds. The lowest BCUT2D eigenvalue weighted by molar-refractivity contribution is 0.0468. The highest BCUT2D eigenvalue weighted by Gasteiger charge is 2.37. The second kappa shape index (κ2) is 7.00. The number of nitrogens with one attached hydrogen (secondary N) is 2. The number of carbonyl (C=O) groups excluding carboxylic acids is 1. The fourth-order valence-electron chi connectivity index (χ4n) is 4.08. The number of hydrogen-bond donors (Lipinski definition) is 2. The van der Waals surface area contributed by atoms with Crippen LogP contribution in [0.4, 0.5) is 4.79 Å². The molecule has 2 N–H and O–H groups in total. The van der Waals surface area contributed by atoms with Crippen LogP contribution < -0.4 is 10.6 Å². The molecule has 0 heterocycles. The van der Waals surface area contributed by atoms with Crippen LogP contribution in [-0.2, 0) is 4.74 Å². The maximum atomic E-state index is 11.9. The first kappa shape index (κ1) is 18.6. The number of amides is 1. The molecule has 0 saturated heterocycles. The van der Waals surface area contributed by atoms with Gasteiger partial charge in [0, 0.05) is 12.6 Å². The smallest absolute Gasteiger partial charge is 0.408 e. The van der Waals surface area contributed by atoms with Crippen molar-refractivity contribution < 1.29 is 9.53 Å². The highest BCUT2D eigenvalue weighted by molar-refractivity contribution is 5.68. The van der Waals surface area contributed by atoms with Crippen molar-refractivity contribution in [2.75, 3.05) is 6.54 Å². The third-order valence-electron chi connectivity index (χ3n) is 5.38. The Bertz CT molecular complexity index is 396. The third-order valence-corrected chi connectivity index (χ3v) is 5.38. The molecular weight excluding hydrogens is 288 g/mol. The van der Waals surface area contributed by atoms with Crippen molar-refractivity contribution >= 4 is 6.09 Å². The molecule has 2 aliphatic carbocycles. The Hall–Kier alpha value is -0.770. The Balaban J connectivity index is 1.71. The molecule has 0 atom stereocenters. The molecule has 0 unspecified atom stereocenters. The molecule has 0 aromatic rings. The predicted octanol–water partition coefficient (Wildman–Crippen LogP) is 4.38. The van der Waals surface area contributed by atoms with Crippen LogP contribution in [0.15, 0.2) is 0 Å². The molecule has 134 valence electrons. The lowest BCUT2D eigenvalue weighted by Crippen LogP contribution is -2.53. The Morgan fingerprint density at radius 1 is 1.04 bits per heavy atom. The van der Waals surface area contributed by atoms with Crippen LogP contribution in [-0.4, -0.2) is 29.8 Å². The zero-order valence-electron chi connectivity index (χ0n) is 15.8. The monoisotopic (exact) mass is 324 g/mol. The molecule has 2 fully saturated rings. The number of carbonyl (C=O) groups is 1. The minimum atomic E-state index is -0.452. The van der Waals surface area contributed by atoms with Gasteiger partial charge in [-0.05, 0) is 78.6 Å². The number of hydrogen-bond acceptors (Lipinski definition) is 3. The fourth-order valence-corrected chi connectivity index (χ4v) is 4.08. The van der Waals surface area contributed by atoms with Gasteiger partial charge >= 0.3 is 6.09 Å². The molecule has 1 spiro atoms. The first-order chi connectivity index (χ1) is 10.6. The Labute approximate surface area is 142 Å². The van der Waals surface area contributed by atoms with Crippen LogP contribution in [0.1, 0.15) is 86.0 Å². The zero-order valence-corrected chi connectivity index (χ0v) is 15.8. The van der Waals surface area contributed by atoms with Gasteiger partial charge in [0.1, 0.15) is 5.60 Å². The lowest BCUT2D eigenvalue weighted by atomic mass is 9.71. The van der Waals surface area contributed by atoms with Gasteiger partial charge in [0.15, 0.2) is 0 Å². The van der Waals surface area contributed by atoms with Crippen molar-refractivity contribution in [2.24, 2.45) is 5.41 Å². The lowest BCUT2D eigenvalue weighted by Gasteiger charge is -2.39. The molecule has 2 aliphatic rings. The summed E-state index contributed by atoms with van der Waals surface area (Å²) in [6.45, 7) is 10.5. The molecule has 2 saturated carbocycles. The molecule has 0 bridgehead atoms. The van der Waals surface area contributed by atoms with Gasteiger partial charge in [-0.2, -0.15) is 0 Å². The molecule has 23 heavy (non-hydrogen) atoms. The summed E-state index contributed by atoms with van der Waals surface area (Å²) in [5, 5.41) is 6.64. The van der Waals surface area contributed by atoms with E-state index in [1.165, 1.54) is 51.4 Å². The van der Waals surface area contributed by atoms with Gasteiger partial charge in [0.2, 0.25) is 0 Å². The SMILES string of the molecule is CC(C)(CNC1CCC2(CCCC2)CC1)NC(=O)OC(C)(C)C. The minimum Gasteiger partial charge on any atom is -0.444 e. The first-order valence-electron chi connectivity index (χ1n) is 9.34. The van der Waals surface area contributed by atoms with Crippen LogP contribution in [0.3, 0.4) is 0 Å². The van der Waals surface area contributed by atoms with E-state index in [9.17, 15) is 4.79 Å². The molecule has 0 aromatic heterocycles. The number of alkyl carbamates (subject to hydrolysis) is 1. The van der Waals surface area contributed by atoms with Crippen molar-refractivity contribution in [3.8, 4) is 0 Å². The van der Waals surface area contributed by atoms with Gasteiger partial charge in [0.05, 0.1) is 5.54 Å². The van der Waals surface area contributed by atoms with E-state index in [0.717, 1.165) is 6.54 Å². The molecule has 2 rings (SSSR count). The van der Waals surface area contributed by atoms with E-state index in [1.807, 2.05) is 34.6 Å². The van der Waals surface area contributed by atoms with E-state index < -0.39 is 5.60 Å². The van der Waals surface area contributed by atoms with Gasteiger partial charge in [-0.15, -0.1) is 0 Å². The zero-order chi connectivity index (χ0) is 17.1. The van der Waals surface area contributed by atoms with Gasteiger partial charge < -0.3 is 15.4 Å². The average Bonchev–Trinajstić information content (AvgIpc) is 2.84. The van der Waals surface area contributed by atoms with Crippen LogP contribution in [0.25, 0.3) is 0 Å². The Morgan fingerprint density at radius 2 is 1.61 bits per heavy atom. The van der Waals surface area contributed by atoms with Crippen LogP contribution >= 0.6 is 0 Å². The maximum Gasteiger partial charge on any atom is 0.408 e. The summed E-state index contributed by atoms with van der Waals surface area (Å²) in [6.07, 6.45) is 10.8. The standard InChI is InChI=1S/C19H36N2O2/c1-17(2,3)23-16(22)21-18(4,5)14-20-15-8-12-19(13-9-15)10-6-7-11-19/h15,20H,6-14H2,1-5H3,(H,21,22). The summed E-state index contributed by atoms with van der Waals surface area (Å²) in [7, 11) is 0. The average molecular weight is 325 g/mol. The predicted molar refractivity (Wildman–Crippen MR) is 94.6 cm³/mol. The largest absolute Gasteiger partial charge is 0.444 e. The molecule has 4 heteroatoms. The maximum absolute atomic E-state index is 11.9. The van der Waals surface area contributed by atoms with Gasteiger partial charge in [-0.25, -0.2) is 4.79 Å². The Morgan fingerprint density at radius 3 is 2.13 bits per heavy atom. The Kier molecular flexibility index (Phi) is 5.65. The number of ether oxygens (including phenoxy) is 1. The van der Waals surface area contributed by atoms with E-state index in [1.54, 1.807) is 0 Å². The highest BCUT2D eigenvalue weighted by Crippen LogP contribution is 2.48. The summed E-state index contributed by atoms with van der Waals surface area (Å²) in [6, 6.07) is 0.598. The van der Waals surface area contributed by atoms with Crippen LogP contribution in [0.2, 0.25) is 0 Å². The number of rotatable bonds is 4. The summed E-state index contributed by atoms with van der Waals surface area (Å²) < 4.78 is 5.35. The molecule has 4 nitrogen and oxygen atoms in total. The molecule has 0 radical (unpaired) electrons. The molecule has 0 aliphatic heterocycles. The van der Waals surface area contributed by atoms with Crippen molar-refractivity contribution in [3.63, 3.8) is 0 Å². The van der Waals surface area contributed by atoms with E-state index in [4.69, 9.17) is 4.74 Å². The topological polar surface area (TPSA) is 50.4 Å². The minimum absolute atomic E-state index is 0.301. The first-order valence-corrected chi connectivity index (χ1v) is 9.34. The third kappa shape index (κ3) is 5.98. The van der Waals surface area contributed by atoms with Crippen LogP contribution in [0, 0.1) is 5.41 Å². The quantitative estimate of drug-likeness (QED) is 0.806. The van der Waals surface area contributed by atoms with Gasteiger partial charge in [-0.3, -0.25) is 0 Å². The molecular formula is C19H36N2O2. The van der Waals surface area contributed by atoms with E-state index in [2.05, 4.69) is 10.6 Å². The summed E-state index contributed by atoms with van der Waals surface area (Å²) in [5.41, 5.74) is -0.0696. The van der Waals surface area contributed by atoms with Crippen molar-refractivity contribution in [2.45, 2.75) is 103 Å². The van der Waals surface area contributed by atoms with Gasteiger partial charge in [0.25, 0.3) is 0 Å². The van der Waals surface area contributed by atoms with E-state index >= 15 is 0 Å².